The molecule has 3 aromatic rings. The van der Waals surface area contributed by atoms with Gasteiger partial charge in [0.25, 0.3) is 5.56 Å². The highest BCUT2D eigenvalue weighted by Crippen LogP contribution is 2.62. The van der Waals surface area contributed by atoms with E-state index in [-0.39, 0.29) is 22.7 Å². The second-order valence-electron chi connectivity index (χ2n) is 10.8. The van der Waals surface area contributed by atoms with Gasteiger partial charge in [0.05, 0.1) is 19.0 Å². The van der Waals surface area contributed by atoms with Crippen LogP contribution in [0.4, 0.5) is 5.95 Å². The minimum absolute atomic E-state index is 0.00606. The van der Waals surface area contributed by atoms with Gasteiger partial charge in [-0.1, -0.05) is 30.3 Å². The monoisotopic (exact) mass is 495 g/mol. The summed E-state index contributed by atoms with van der Waals surface area (Å²) in [4.78, 5) is 19.5. The number of hydrazone groups is 1. The second-order valence-corrected chi connectivity index (χ2v) is 10.8. The number of aromatic hydroxyl groups is 1. The van der Waals surface area contributed by atoms with Gasteiger partial charge in [-0.15, -0.1) is 0 Å². The smallest absolute Gasteiger partial charge is 0.270 e. The fraction of sp³-hybridized carbons (Fsp3) is 0.379. The third kappa shape index (κ3) is 4.14. The lowest BCUT2D eigenvalue weighted by Gasteiger charge is -2.57. The molecule has 0 aliphatic heterocycles. The van der Waals surface area contributed by atoms with E-state index < -0.39 is 5.56 Å². The van der Waals surface area contributed by atoms with E-state index in [9.17, 15) is 15.2 Å². The quantitative estimate of drug-likeness (QED) is 0.329. The number of nitrogens with one attached hydrogen (secondary N) is 2. The van der Waals surface area contributed by atoms with Crippen molar-refractivity contribution in [2.75, 3.05) is 12.5 Å². The largest absolute Gasteiger partial charge is 0.504 e. The molecule has 4 aliphatic rings. The van der Waals surface area contributed by atoms with Crippen LogP contribution in [-0.2, 0) is 5.41 Å². The fourth-order valence-electron chi connectivity index (χ4n) is 7.31. The van der Waals surface area contributed by atoms with Crippen LogP contribution in [0.25, 0.3) is 11.3 Å². The average Bonchev–Trinajstić information content (AvgIpc) is 2.89. The van der Waals surface area contributed by atoms with E-state index in [4.69, 9.17) is 4.74 Å². The van der Waals surface area contributed by atoms with E-state index in [2.05, 4.69) is 20.5 Å². The maximum absolute atomic E-state index is 12.5. The number of phenols is 1. The molecule has 188 valence electrons. The number of benzene rings is 2. The Balaban J connectivity index is 1.31. The van der Waals surface area contributed by atoms with E-state index in [1.807, 2.05) is 30.3 Å². The summed E-state index contributed by atoms with van der Waals surface area (Å²) in [6, 6.07) is 14.8. The number of aromatic nitrogens is 2. The number of rotatable bonds is 6. The van der Waals surface area contributed by atoms with E-state index >= 15 is 0 Å². The molecule has 3 N–H and O–H groups in total. The maximum Gasteiger partial charge on any atom is 0.270 e. The van der Waals surface area contributed by atoms with Crippen LogP contribution in [0.15, 0.2) is 52.4 Å². The van der Waals surface area contributed by atoms with Crippen LogP contribution in [0.1, 0.15) is 55.2 Å². The lowest BCUT2D eigenvalue weighted by molar-refractivity contribution is -0.00627. The molecule has 8 heteroatoms. The first-order valence-corrected chi connectivity index (χ1v) is 12.8. The van der Waals surface area contributed by atoms with Crippen LogP contribution < -0.4 is 15.7 Å². The first-order valence-electron chi connectivity index (χ1n) is 12.8. The molecule has 0 unspecified atom stereocenters. The van der Waals surface area contributed by atoms with Gasteiger partial charge >= 0.3 is 0 Å². The van der Waals surface area contributed by atoms with Crippen molar-refractivity contribution in [3.05, 3.63) is 69.5 Å². The molecule has 4 bridgehead atoms. The van der Waals surface area contributed by atoms with E-state index in [0.29, 0.717) is 17.0 Å². The summed E-state index contributed by atoms with van der Waals surface area (Å²) >= 11 is 0. The first-order chi connectivity index (χ1) is 18.0. The lowest BCUT2D eigenvalue weighted by atomic mass is 9.48. The summed E-state index contributed by atoms with van der Waals surface area (Å²) < 4.78 is 5.54. The van der Waals surface area contributed by atoms with E-state index in [1.54, 1.807) is 31.5 Å². The number of anilines is 1. The predicted molar refractivity (Wildman–Crippen MR) is 141 cm³/mol. The van der Waals surface area contributed by atoms with Gasteiger partial charge in [-0.05, 0) is 79.4 Å². The third-order valence-electron chi connectivity index (χ3n) is 8.39. The van der Waals surface area contributed by atoms with Crippen molar-refractivity contribution in [1.82, 2.24) is 9.97 Å². The number of hydrogen-bond donors (Lipinski definition) is 3. The number of aromatic amines is 1. The number of ether oxygens (including phenoxy) is 1. The van der Waals surface area contributed by atoms with Crippen LogP contribution in [0, 0.1) is 29.1 Å². The number of hydrogen-bond acceptors (Lipinski definition) is 7. The fourth-order valence-corrected chi connectivity index (χ4v) is 7.31. The Labute approximate surface area is 215 Å². The SMILES string of the molecule is COc1cc(C=NNc2nc(-c3ccccc3)c(C#N)c(=O)[nH]2)cc(C23CC4CC(CC(C4)C2)C3)c1O. The van der Waals surface area contributed by atoms with Gasteiger partial charge in [0.2, 0.25) is 5.95 Å². The first kappa shape index (κ1) is 23.3. The highest BCUT2D eigenvalue weighted by atomic mass is 16.5. The normalized spacial score (nSPS) is 25.8. The van der Waals surface area contributed by atoms with Gasteiger partial charge in [0.1, 0.15) is 11.6 Å². The van der Waals surface area contributed by atoms with Crippen molar-refractivity contribution in [1.29, 1.82) is 5.26 Å². The molecule has 7 rings (SSSR count). The second kappa shape index (κ2) is 9.07. The molecular formula is C29H29N5O3. The van der Waals surface area contributed by atoms with Crippen molar-refractivity contribution < 1.29 is 9.84 Å². The summed E-state index contributed by atoms with van der Waals surface area (Å²) in [7, 11) is 1.56. The van der Waals surface area contributed by atoms with Crippen LogP contribution in [0.5, 0.6) is 11.5 Å². The van der Waals surface area contributed by atoms with Crippen molar-refractivity contribution in [3.8, 4) is 28.8 Å². The molecule has 0 saturated heterocycles. The molecule has 2 aromatic carbocycles. The number of nitriles is 1. The van der Waals surface area contributed by atoms with Gasteiger partial charge in [0, 0.05) is 11.1 Å². The zero-order valence-electron chi connectivity index (χ0n) is 20.7. The molecular weight excluding hydrogens is 466 g/mol. The van der Waals surface area contributed by atoms with Crippen LogP contribution in [0.3, 0.4) is 0 Å². The highest BCUT2D eigenvalue weighted by Gasteiger charge is 2.52. The Bertz CT molecular complexity index is 1440. The van der Waals surface area contributed by atoms with Gasteiger partial charge in [-0.25, -0.2) is 10.4 Å². The predicted octanol–water partition coefficient (Wildman–Crippen LogP) is 4.94. The van der Waals surface area contributed by atoms with Crippen LogP contribution >= 0.6 is 0 Å². The minimum atomic E-state index is -0.538. The van der Waals surface area contributed by atoms with Crippen LogP contribution in [0.2, 0.25) is 0 Å². The molecule has 0 amide bonds. The summed E-state index contributed by atoms with van der Waals surface area (Å²) in [5.74, 6) is 3.04. The van der Waals surface area contributed by atoms with E-state index in [1.165, 1.54) is 19.3 Å². The molecule has 37 heavy (non-hydrogen) atoms. The molecule has 0 radical (unpaired) electrons. The van der Waals surface area contributed by atoms with E-state index in [0.717, 1.165) is 48.1 Å². The van der Waals surface area contributed by atoms with Crippen molar-refractivity contribution in [2.24, 2.45) is 22.9 Å². The van der Waals surface area contributed by atoms with Gasteiger partial charge < -0.3 is 9.84 Å². The molecule has 8 nitrogen and oxygen atoms in total. The average molecular weight is 496 g/mol. The number of methoxy groups -OCH3 is 1. The standard InChI is InChI=1S/C29H29N5O3/c1-37-24-11-20(10-23(26(24)35)29-12-17-7-18(13-29)9-19(8-17)14-29)16-31-34-28-32-25(21-5-3-2-4-6-21)22(15-30)27(36)33-28/h2-6,10-11,16-19,35H,7-9,12-14H2,1H3,(H2,32,33,34,36). The lowest BCUT2D eigenvalue weighted by Crippen LogP contribution is -2.48. The molecule has 0 spiro atoms. The van der Waals surface area contributed by atoms with Gasteiger partial charge in [-0.2, -0.15) is 10.4 Å². The Kier molecular flexibility index (Phi) is 5.71. The Morgan fingerprint density at radius 1 is 1.16 bits per heavy atom. The number of H-pyrrole nitrogens is 1. The maximum atomic E-state index is 12.5. The third-order valence-corrected chi connectivity index (χ3v) is 8.39. The topological polar surface area (TPSA) is 123 Å². The summed E-state index contributed by atoms with van der Waals surface area (Å²) in [5.41, 5.74) is 4.90. The molecule has 4 aliphatic carbocycles. The Hall–Kier alpha value is -4.12. The summed E-state index contributed by atoms with van der Waals surface area (Å²) in [5, 5.41) is 24.9. The minimum Gasteiger partial charge on any atom is -0.504 e. The molecule has 4 saturated carbocycles. The van der Waals surface area contributed by atoms with Gasteiger partial charge in [0.15, 0.2) is 11.5 Å². The molecule has 1 aromatic heterocycles. The summed E-state index contributed by atoms with van der Waals surface area (Å²) in [6.45, 7) is 0. The van der Waals surface area contributed by atoms with Crippen LogP contribution in [-0.4, -0.2) is 28.4 Å². The molecule has 1 heterocycles. The highest BCUT2D eigenvalue weighted by molar-refractivity contribution is 5.82. The van der Waals surface area contributed by atoms with Crippen molar-refractivity contribution >= 4 is 12.2 Å². The number of phenolic OH excluding ortho intramolecular Hbond substituents is 1. The zero-order chi connectivity index (χ0) is 25.6. The molecule has 4 fully saturated rings. The zero-order valence-corrected chi connectivity index (χ0v) is 20.7. The van der Waals surface area contributed by atoms with Crippen molar-refractivity contribution in [2.45, 2.75) is 43.9 Å². The summed E-state index contributed by atoms with van der Waals surface area (Å²) in [6.07, 6.45) is 8.95. The molecule has 0 atom stereocenters. The number of nitrogens with zero attached hydrogens (tertiary/aromatic N) is 3. The Morgan fingerprint density at radius 2 is 1.84 bits per heavy atom. The van der Waals surface area contributed by atoms with Gasteiger partial charge in [-0.3, -0.25) is 9.78 Å². The Morgan fingerprint density at radius 3 is 2.46 bits per heavy atom. The van der Waals surface area contributed by atoms with Crippen molar-refractivity contribution in [3.63, 3.8) is 0 Å².